The summed E-state index contributed by atoms with van der Waals surface area (Å²) in [5, 5.41) is 11.8. The summed E-state index contributed by atoms with van der Waals surface area (Å²) in [4.78, 5) is 27.8. The minimum atomic E-state index is -0.343. The number of benzene rings is 2. The summed E-state index contributed by atoms with van der Waals surface area (Å²) in [7, 11) is 0. The summed E-state index contributed by atoms with van der Waals surface area (Å²) in [6, 6.07) is 18.9. The highest BCUT2D eigenvalue weighted by Crippen LogP contribution is 2.29. The molecule has 0 bridgehead atoms. The lowest BCUT2D eigenvalue weighted by molar-refractivity contribution is 0.0945. The highest BCUT2D eigenvalue weighted by Gasteiger charge is 2.09. The maximum atomic E-state index is 12.1. The molecular weight excluding hydrogens is 384 g/mol. The molecule has 0 unspecified atom stereocenters. The number of aryl methyl sites for hydroxylation is 1. The number of aromatic nitrogens is 3. The average molecular weight is 402 g/mol. The third-order valence-electron chi connectivity index (χ3n) is 4.42. The van der Waals surface area contributed by atoms with Crippen LogP contribution in [-0.4, -0.2) is 21.1 Å². The predicted octanol–water partition coefficient (Wildman–Crippen LogP) is 3.80. The Balaban J connectivity index is 1.41. The average Bonchev–Trinajstić information content (AvgIpc) is 3.24. The number of carbonyl (C=O) groups is 1. The van der Waals surface area contributed by atoms with Crippen molar-refractivity contribution in [2.75, 3.05) is 0 Å². The molecule has 6 nitrogen and oxygen atoms in total. The van der Waals surface area contributed by atoms with Crippen LogP contribution in [0.3, 0.4) is 0 Å². The monoisotopic (exact) mass is 402 g/mol. The lowest BCUT2D eigenvalue weighted by atomic mass is 10.1. The van der Waals surface area contributed by atoms with Gasteiger partial charge in [-0.25, -0.2) is 10.1 Å². The first-order valence-electron chi connectivity index (χ1n) is 9.04. The molecule has 0 spiro atoms. The van der Waals surface area contributed by atoms with Crippen molar-refractivity contribution >= 4 is 17.2 Å². The van der Waals surface area contributed by atoms with E-state index in [9.17, 15) is 9.59 Å². The summed E-state index contributed by atoms with van der Waals surface area (Å²) in [6.45, 7) is 2.43. The van der Waals surface area contributed by atoms with Crippen LogP contribution >= 0.6 is 11.3 Å². The zero-order chi connectivity index (χ0) is 20.2. The largest absolute Gasteiger partial charge is 0.347 e. The Morgan fingerprint density at radius 2 is 1.72 bits per heavy atom. The molecule has 4 rings (SSSR count). The van der Waals surface area contributed by atoms with Gasteiger partial charge in [-0.1, -0.05) is 54.1 Å². The van der Waals surface area contributed by atoms with Crippen LogP contribution in [0.25, 0.3) is 21.8 Å². The van der Waals surface area contributed by atoms with Crippen LogP contribution in [0.5, 0.6) is 0 Å². The topological polar surface area (TPSA) is 87.7 Å². The smallest absolute Gasteiger partial charge is 0.271 e. The van der Waals surface area contributed by atoms with Gasteiger partial charge >= 0.3 is 0 Å². The minimum Gasteiger partial charge on any atom is -0.347 e. The molecule has 2 aromatic carbocycles. The summed E-state index contributed by atoms with van der Waals surface area (Å²) < 4.78 is 0. The highest BCUT2D eigenvalue weighted by molar-refractivity contribution is 7.13. The van der Waals surface area contributed by atoms with Crippen LogP contribution in [-0.2, 0) is 6.54 Å². The molecule has 2 N–H and O–H groups in total. The lowest BCUT2D eigenvalue weighted by Gasteiger charge is -2.05. The molecule has 0 aliphatic carbocycles. The van der Waals surface area contributed by atoms with Crippen molar-refractivity contribution in [3.63, 3.8) is 0 Å². The Hall–Kier alpha value is -3.58. The van der Waals surface area contributed by atoms with Crippen LogP contribution in [0.4, 0.5) is 0 Å². The van der Waals surface area contributed by atoms with Crippen molar-refractivity contribution in [2.45, 2.75) is 13.5 Å². The number of thiazole rings is 1. The third-order valence-corrected chi connectivity index (χ3v) is 5.31. The molecule has 0 saturated carbocycles. The molecule has 2 heterocycles. The number of H-pyrrole nitrogens is 1. The van der Waals surface area contributed by atoms with E-state index < -0.39 is 0 Å². The summed E-state index contributed by atoms with van der Waals surface area (Å²) in [5.74, 6) is -0.340. The van der Waals surface area contributed by atoms with Crippen LogP contribution in [0.1, 0.15) is 21.6 Å². The summed E-state index contributed by atoms with van der Waals surface area (Å²) in [6.07, 6.45) is 0. The van der Waals surface area contributed by atoms with Gasteiger partial charge in [-0.3, -0.25) is 9.59 Å². The van der Waals surface area contributed by atoms with E-state index in [4.69, 9.17) is 4.98 Å². The van der Waals surface area contributed by atoms with Crippen LogP contribution in [0, 0.1) is 6.92 Å². The molecular formula is C22H18N4O2S. The molecule has 0 aliphatic rings. The quantitative estimate of drug-likeness (QED) is 0.532. The number of nitrogens with zero attached hydrogens (tertiary/aromatic N) is 2. The van der Waals surface area contributed by atoms with Crippen molar-refractivity contribution in [1.29, 1.82) is 0 Å². The van der Waals surface area contributed by atoms with Gasteiger partial charge in [-0.2, -0.15) is 5.10 Å². The zero-order valence-electron chi connectivity index (χ0n) is 15.7. The third kappa shape index (κ3) is 4.47. The van der Waals surface area contributed by atoms with Gasteiger partial charge in [0.1, 0.15) is 10.7 Å². The molecule has 0 aliphatic heterocycles. The van der Waals surface area contributed by atoms with Gasteiger partial charge in [0.25, 0.3) is 11.5 Å². The number of hydrogen-bond acceptors (Lipinski definition) is 5. The van der Waals surface area contributed by atoms with E-state index in [2.05, 4.69) is 52.1 Å². The molecule has 29 heavy (non-hydrogen) atoms. The van der Waals surface area contributed by atoms with Gasteiger partial charge in [0.2, 0.25) is 0 Å². The van der Waals surface area contributed by atoms with E-state index in [0.29, 0.717) is 6.54 Å². The maximum Gasteiger partial charge on any atom is 0.271 e. The number of rotatable bonds is 5. The number of carbonyl (C=O) groups excluding carboxylic acids is 1. The van der Waals surface area contributed by atoms with E-state index in [0.717, 1.165) is 27.4 Å². The van der Waals surface area contributed by atoms with Crippen molar-refractivity contribution in [2.24, 2.45) is 0 Å². The van der Waals surface area contributed by atoms with E-state index in [1.807, 2.05) is 24.3 Å². The Bertz CT molecular complexity index is 1170. The lowest BCUT2D eigenvalue weighted by Crippen LogP contribution is -2.25. The standard InChI is InChI=1S/C22H18N4O2S/c1-14-2-6-16(7-3-14)19-13-29-22(24-19)17-8-4-15(5-9-17)12-23-21(28)18-10-11-20(27)26-25-18/h2-11,13H,12H2,1H3,(H,23,28)(H,26,27). The summed E-state index contributed by atoms with van der Waals surface area (Å²) in [5.41, 5.74) is 5.12. The molecule has 4 aromatic rings. The van der Waals surface area contributed by atoms with E-state index in [-0.39, 0.29) is 17.2 Å². The van der Waals surface area contributed by atoms with Gasteiger partial charge in [-0.05, 0) is 18.6 Å². The second-order valence-electron chi connectivity index (χ2n) is 6.59. The predicted molar refractivity (Wildman–Crippen MR) is 114 cm³/mol. The fraction of sp³-hybridized carbons (Fsp3) is 0.0909. The van der Waals surface area contributed by atoms with Gasteiger partial charge < -0.3 is 5.32 Å². The Labute approximate surface area is 171 Å². The van der Waals surface area contributed by atoms with Gasteiger partial charge in [0, 0.05) is 29.1 Å². The normalized spacial score (nSPS) is 10.7. The van der Waals surface area contributed by atoms with Crippen molar-refractivity contribution < 1.29 is 4.79 Å². The first kappa shape index (κ1) is 18.8. The van der Waals surface area contributed by atoms with Gasteiger partial charge in [0.15, 0.2) is 0 Å². The highest BCUT2D eigenvalue weighted by atomic mass is 32.1. The molecule has 0 saturated heterocycles. The van der Waals surface area contributed by atoms with E-state index in [1.54, 1.807) is 11.3 Å². The second kappa shape index (κ2) is 8.20. The molecule has 144 valence electrons. The van der Waals surface area contributed by atoms with E-state index >= 15 is 0 Å². The van der Waals surface area contributed by atoms with Crippen molar-refractivity contribution in [3.8, 4) is 21.8 Å². The fourth-order valence-corrected chi connectivity index (χ4v) is 3.61. The number of aromatic amines is 1. The van der Waals surface area contributed by atoms with Crippen molar-refractivity contribution in [3.05, 3.63) is 93.2 Å². The Morgan fingerprint density at radius 3 is 2.41 bits per heavy atom. The SMILES string of the molecule is Cc1ccc(-c2csc(-c3ccc(CNC(=O)c4ccc(=O)[nH]n4)cc3)n2)cc1. The fourth-order valence-electron chi connectivity index (χ4n) is 2.77. The Kier molecular flexibility index (Phi) is 5.31. The second-order valence-corrected chi connectivity index (χ2v) is 7.45. The zero-order valence-corrected chi connectivity index (χ0v) is 16.5. The first-order valence-corrected chi connectivity index (χ1v) is 9.92. The number of nitrogens with one attached hydrogen (secondary N) is 2. The minimum absolute atomic E-state index is 0.174. The van der Waals surface area contributed by atoms with E-state index in [1.165, 1.54) is 17.7 Å². The van der Waals surface area contributed by atoms with Gasteiger partial charge in [-0.15, -0.1) is 11.3 Å². The maximum absolute atomic E-state index is 12.1. The first-order chi connectivity index (χ1) is 14.1. The molecule has 0 radical (unpaired) electrons. The molecule has 1 amide bonds. The molecule has 2 aromatic heterocycles. The number of amides is 1. The Morgan fingerprint density at radius 1 is 1.00 bits per heavy atom. The van der Waals surface area contributed by atoms with Crippen LogP contribution in [0.15, 0.2) is 70.8 Å². The van der Waals surface area contributed by atoms with Crippen LogP contribution in [0.2, 0.25) is 0 Å². The van der Waals surface area contributed by atoms with Crippen molar-refractivity contribution in [1.82, 2.24) is 20.5 Å². The molecule has 0 atom stereocenters. The van der Waals surface area contributed by atoms with Crippen LogP contribution < -0.4 is 10.9 Å². The molecule has 7 heteroatoms. The van der Waals surface area contributed by atoms with Gasteiger partial charge in [0.05, 0.1) is 5.69 Å². The summed E-state index contributed by atoms with van der Waals surface area (Å²) >= 11 is 1.61. The molecule has 0 fully saturated rings. The number of hydrogen-bond donors (Lipinski definition) is 2.